The minimum absolute atomic E-state index is 0.0512. The Morgan fingerprint density at radius 1 is 1.19 bits per heavy atom. The normalized spacial score (nSPS) is 25.8. The molecular formula is C22H27F2N5O3. The number of fused-ring (bicyclic) bond motifs is 5. The van der Waals surface area contributed by atoms with E-state index in [1.165, 1.54) is 10.6 Å². The van der Waals surface area contributed by atoms with Crippen molar-refractivity contribution in [3.63, 3.8) is 0 Å². The minimum atomic E-state index is -3.73. The zero-order chi connectivity index (χ0) is 22.6. The van der Waals surface area contributed by atoms with Crippen molar-refractivity contribution in [2.45, 2.75) is 71.4 Å². The van der Waals surface area contributed by atoms with Crippen LogP contribution in [0.3, 0.4) is 0 Å². The molecule has 0 bridgehead atoms. The molecule has 2 aliphatic rings. The Labute approximate surface area is 184 Å². The zero-order valence-corrected chi connectivity index (χ0v) is 18.3. The van der Waals surface area contributed by atoms with E-state index in [9.17, 15) is 8.78 Å². The first-order valence-electron chi connectivity index (χ1n) is 11.1. The Hall–Kier alpha value is -2.75. The molecule has 0 aliphatic carbocycles. The molecule has 0 radical (unpaired) electrons. The van der Waals surface area contributed by atoms with Crippen LogP contribution in [0, 0.1) is 11.8 Å². The molecule has 2 aliphatic heterocycles. The number of halogens is 2. The standard InChI is InChI=1S/C22H27F2N5O3/c1-11(14-6-5-12(2)30-13(3)10-14)4-9-17-26-20-15-7-8-16-19(32-22(23,24)31-16)18(15)27-21(25)29(20)28-17/h7-8,11-14H,4-6,9-10H2,1-3H3,(H2,25,27). The van der Waals surface area contributed by atoms with Crippen LogP contribution in [-0.2, 0) is 11.2 Å². The van der Waals surface area contributed by atoms with Gasteiger partial charge in [0.2, 0.25) is 5.95 Å². The first kappa shape index (κ1) is 21.1. The summed E-state index contributed by atoms with van der Waals surface area (Å²) in [7, 11) is 0. The summed E-state index contributed by atoms with van der Waals surface area (Å²) < 4.78 is 43.7. The number of alkyl halides is 2. The third-order valence-corrected chi connectivity index (χ3v) is 6.55. The molecule has 1 saturated heterocycles. The molecule has 3 aromatic rings. The quantitative estimate of drug-likeness (QED) is 0.635. The summed E-state index contributed by atoms with van der Waals surface area (Å²) in [6.45, 7) is 6.56. The smallest absolute Gasteiger partial charge is 0.395 e. The lowest BCUT2D eigenvalue weighted by Gasteiger charge is -2.23. The summed E-state index contributed by atoms with van der Waals surface area (Å²) in [6.07, 6.45) is 1.77. The summed E-state index contributed by atoms with van der Waals surface area (Å²) in [5, 5.41) is 5.04. The highest BCUT2D eigenvalue weighted by atomic mass is 19.3. The van der Waals surface area contributed by atoms with Crippen LogP contribution < -0.4 is 15.2 Å². The van der Waals surface area contributed by atoms with Crippen molar-refractivity contribution in [3.05, 3.63) is 18.0 Å². The molecule has 2 aromatic heterocycles. The van der Waals surface area contributed by atoms with Crippen molar-refractivity contribution in [1.29, 1.82) is 0 Å². The molecule has 4 atom stereocenters. The number of aromatic nitrogens is 4. The fraction of sp³-hybridized carbons (Fsp3) is 0.591. The fourth-order valence-electron chi connectivity index (χ4n) is 4.87. The molecule has 5 rings (SSSR count). The van der Waals surface area contributed by atoms with Gasteiger partial charge in [-0.25, -0.2) is 9.97 Å². The van der Waals surface area contributed by atoms with Gasteiger partial charge in [0.05, 0.1) is 12.2 Å². The molecule has 4 unspecified atom stereocenters. The number of hydrogen-bond donors (Lipinski definition) is 1. The van der Waals surface area contributed by atoms with Crippen molar-refractivity contribution >= 4 is 22.5 Å². The molecule has 0 spiro atoms. The van der Waals surface area contributed by atoms with Gasteiger partial charge in [-0.05, 0) is 63.5 Å². The maximum Gasteiger partial charge on any atom is 0.586 e. The average Bonchev–Trinajstić information content (AvgIpc) is 3.24. The van der Waals surface area contributed by atoms with Gasteiger partial charge < -0.3 is 19.9 Å². The van der Waals surface area contributed by atoms with Crippen LogP contribution in [0.1, 0.15) is 52.3 Å². The van der Waals surface area contributed by atoms with E-state index in [1.54, 1.807) is 6.07 Å². The molecule has 0 saturated carbocycles. The Balaban J connectivity index is 1.39. The lowest BCUT2D eigenvalue weighted by molar-refractivity contribution is -0.286. The van der Waals surface area contributed by atoms with Crippen molar-refractivity contribution in [2.24, 2.45) is 11.8 Å². The number of anilines is 1. The van der Waals surface area contributed by atoms with Gasteiger partial charge in [0.1, 0.15) is 5.52 Å². The van der Waals surface area contributed by atoms with E-state index >= 15 is 0 Å². The van der Waals surface area contributed by atoms with Crippen LogP contribution in [0.4, 0.5) is 14.7 Å². The lowest BCUT2D eigenvalue weighted by atomic mass is 9.83. The van der Waals surface area contributed by atoms with Crippen LogP contribution in [0.2, 0.25) is 0 Å². The van der Waals surface area contributed by atoms with E-state index in [0.29, 0.717) is 41.2 Å². The highest BCUT2D eigenvalue weighted by Gasteiger charge is 2.45. The highest BCUT2D eigenvalue weighted by Crippen LogP contribution is 2.45. The minimum Gasteiger partial charge on any atom is -0.395 e. The van der Waals surface area contributed by atoms with E-state index in [0.717, 1.165) is 25.7 Å². The zero-order valence-electron chi connectivity index (χ0n) is 18.3. The summed E-state index contributed by atoms with van der Waals surface area (Å²) in [5.74, 6) is 1.58. The summed E-state index contributed by atoms with van der Waals surface area (Å²) in [6, 6.07) is 3.04. The van der Waals surface area contributed by atoms with Gasteiger partial charge in [0.15, 0.2) is 23.0 Å². The first-order valence-corrected chi connectivity index (χ1v) is 11.1. The number of rotatable bonds is 4. The van der Waals surface area contributed by atoms with Gasteiger partial charge in [-0.1, -0.05) is 6.92 Å². The van der Waals surface area contributed by atoms with Gasteiger partial charge in [0.25, 0.3) is 0 Å². The van der Waals surface area contributed by atoms with Gasteiger partial charge in [-0.3, -0.25) is 0 Å². The molecule has 8 nitrogen and oxygen atoms in total. The lowest BCUT2D eigenvalue weighted by Crippen LogP contribution is -2.26. The van der Waals surface area contributed by atoms with Crippen molar-refractivity contribution < 1.29 is 23.0 Å². The second-order valence-corrected chi connectivity index (χ2v) is 9.04. The topological polar surface area (TPSA) is 96.8 Å². The monoisotopic (exact) mass is 447 g/mol. The third kappa shape index (κ3) is 3.80. The number of hydrogen-bond acceptors (Lipinski definition) is 7. The molecule has 2 N–H and O–H groups in total. The van der Waals surface area contributed by atoms with Crippen LogP contribution in [0.15, 0.2) is 12.1 Å². The summed E-state index contributed by atoms with van der Waals surface area (Å²) >= 11 is 0. The van der Waals surface area contributed by atoms with E-state index in [2.05, 4.69) is 45.3 Å². The molecule has 4 heterocycles. The van der Waals surface area contributed by atoms with Crippen molar-refractivity contribution in [2.75, 3.05) is 5.73 Å². The number of nitrogen functional groups attached to an aromatic ring is 1. The molecule has 32 heavy (non-hydrogen) atoms. The van der Waals surface area contributed by atoms with Crippen molar-refractivity contribution in [3.8, 4) is 11.5 Å². The maximum absolute atomic E-state index is 13.5. The van der Waals surface area contributed by atoms with Gasteiger partial charge >= 0.3 is 6.29 Å². The SMILES string of the molecule is CC1CCC(C(C)CCc2nc3c4ccc5c(c4nc(N)n3n2)OC(F)(F)O5)CC(C)O1. The fourth-order valence-corrected chi connectivity index (χ4v) is 4.87. The molecule has 1 fully saturated rings. The van der Waals surface area contributed by atoms with Gasteiger partial charge in [-0.15, -0.1) is 13.9 Å². The Morgan fingerprint density at radius 3 is 2.81 bits per heavy atom. The molecule has 10 heteroatoms. The Morgan fingerprint density at radius 2 is 2.00 bits per heavy atom. The second kappa shape index (κ2) is 7.68. The number of aryl methyl sites for hydroxylation is 1. The summed E-state index contributed by atoms with van der Waals surface area (Å²) in [4.78, 5) is 8.88. The number of benzene rings is 1. The molecule has 172 valence electrons. The van der Waals surface area contributed by atoms with Gasteiger partial charge in [0, 0.05) is 11.8 Å². The van der Waals surface area contributed by atoms with Crippen LogP contribution in [0.25, 0.3) is 16.6 Å². The number of ether oxygens (including phenoxy) is 3. The van der Waals surface area contributed by atoms with Gasteiger partial charge in [-0.2, -0.15) is 4.52 Å². The Bertz CT molecular complexity index is 1170. The van der Waals surface area contributed by atoms with E-state index in [-0.39, 0.29) is 29.1 Å². The molecule has 0 amide bonds. The van der Waals surface area contributed by atoms with Crippen LogP contribution in [-0.4, -0.2) is 38.1 Å². The largest absolute Gasteiger partial charge is 0.586 e. The number of nitrogens with zero attached hydrogens (tertiary/aromatic N) is 4. The molecular weight excluding hydrogens is 420 g/mol. The predicted octanol–water partition coefficient (Wildman–Crippen LogP) is 4.34. The summed E-state index contributed by atoms with van der Waals surface area (Å²) in [5.41, 5.74) is 6.71. The average molecular weight is 447 g/mol. The van der Waals surface area contributed by atoms with Crippen LogP contribution >= 0.6 is 0 Å². The van der Waals surface area contributed by atoms with Crippen LogP contribution in [0.5, 0.6) is 11.5 Å². The van der Waals surface area contributed by atoms with E-state index < -0.39 is 6.29 Å². The van der Waals surface area contributed by atoms with E-state index in [1.807, 2.05) is 0 Å². The first-order chi connectivity index (χ1) is 15.2. The molecule has 1 aromatic carbocycles. The Kier molecular flexibility index (Phi) is 5.07. The van der Waals surface area contributed by atoms with Crippen molar-refractivity contribution in [1.82, 2.24) is 19.6 Å². The highest BCUT2D eigenvalue weighted by molar-refractivity contribution is 5.97. The second-order valence-electron chi connectivity index (χ2n) is 9.04. The maximum atomic E-state index is 13.5. The number of nitrogens with two attached hydrogens (primary N) is 1. The third-order valence-electron chi connectivity index (χ3n) is 6.55. The predicted molar refractivity (Wildman–Crippen MR) is 114 cm³/mol. The van der Waals surface area contributed by atoms with E-state index in [4.69, 9.17) is 10.5 Å².